The Morgan fingerprint density at radius 2 is 1.14 bits per heavy atom. The summed E-state index contributed by atoms with van der Waals surface area (Å²) in [4.78, 5) is 10.4. The summed E-state index contributed by atoms with van der Waals surface area (Å²) in [6.45, 7) is 0. The highest BCUT2D eigenvalue weighted by atomic mass is 15.0. The van der Waals surface area contributed by atoms with Crippen molar-refractivity contribution >= 4 is 60.3 Å². The average molecular weight is 731 g/mol. The van der Waals surface area contributed by atoms with Gasteiger partial charge in [0.1, 0.15) is 0 Å². The lowest BCUT2D eigenvalue weighted by Gasteiger charge is -2.20. The van der Waals surface area contributed by atoms with Gasteiger partial charge in [0.2, 0.25) is 0 Å². The van der Waals surface area contributed by atoms with Gasteiger partial charge in [0.15, 0.2) is 0 Å². The van der Waals surface area contributed by atoms with E-state index in [-0.39, 0.29) is 0 Å². The molecule has 0 aliphatic heterocycles. The lowest BCUT2D eigenvalue weighted by molar-refractivity contribution is 0.836. The molecule has 270 valence electrons. The second kappa shape index (κ2) is 11.6. The molecule has 57 heavy (non-hydrogen) atoms. The van der Waals surface area contributed by atoms with E-state index in [1.54, 1.807) is 0 Å². The maximum atomic E-state index is 5.33. The molecule has 4 aromatic heterocycles. The minimum absolute atomic E-state index is 0.581. The van der Waals surface area contributed by atoms with Gasteiger partial charge in [0.05, 0.1) is 27.9 Å². The van der Waals surface area contributed by atoms with Gasteiger partial charge in [-0.15, -0.1) is 0 Å². The highest BCUT2D eigenvalue weighted by Gasteiger charge is 2.63. The molecule has 1 spiro atoms. The van der Waals surface area contributed by atoms with Crippen LogP contribution >= 0.6 is 0 Å². The molecular formula is C53H38N4. The van der Waals surface area contributed by atoms with Gasteiger partial charge in [-0.05, 0) is 143 Å². The Hall–Kier alpha value is -6.78. The summed E-state index contributed by atoms with van der Waals surface area (Å²) in [6.07, 6.45) is 14.9. The third kappa shape index (κ3) is 4.56. The van der Waals surface area contributed by atoms with Crippen LogP contribution in [0.2, 0.25) is 0 Å². The van der Waals surface area contributed by atoms with E-state index in [4.69, 9.17) is 9.97 Å². The zero-order chi connectivity index (χ0) is 37.2. The van der Waals surface area contributed by atoms with E-state index in [1.165, 1.54) is 90.3 Å². The van der Waals surface area contributed by atoms with Crippen LogP contribution in [0.1, 0.15) is 48.4 Å². The van der Waals surface area contributed by atoms with E-state index < -0.39 is 0 Å². The summed E-state index contributed by atoms with van der Waals surface area (Å²) in [6, 6.07) is 51.5. The summed E-state index contributed by atoms with van der Waals surface area (Å²) in [7, 11) is 0. The third-order valence-electron chi connectivity index (χ3n) is 13.5. The monoisotopic (exact) mass is 730 g/mol. The fraction of sp³-hybridized carbons (Fsp3) is 0.132. The molecule has 0 unspecified atom stereocenters. The molecule has 0 N–H and O–H groups in total. The third-order valence-corrected chi connectivity index (χ3v) is 13.5. The van der Waals surface area contributed by atoms with Gasteiger partial charge in [-0.25, -0.2) is 0 Å². The van der Waals surface area contributed by atoms with Crippen molar-refractivity contribution in [2.45, 2.75) is 38.0 Å². The van der Waals surface area contributed by atoms with Crippen molar-refractivity contribution in [3.05, 3.63) is 175 Å². The molecule has 4 heteroatoms. The largest absolute Gasteiger partial charge is 0.310 e. The van der Waals surface area contributed by atoms with Gasteiger partial charge in [-0.3, -0.25) is 9.97 Å². The topological polar surface area (TPSA) is 35.6 Å². The fourth-order valence-corrected chi connectivity index (χ4v) is 10.5. The highest BCUT2D eigenvalue weighted by molar-refractivity contribution is 6.21. The number of rotatable bonds is 5. The van der Waals surface area contributed by atoms with E-state index in [1.807, 2.05) is 12.3 Å². The van der Waals surface area contributed by atoms with Crippen molar-refractivity contribution in [2.24, 2.45) is 5.41 Å². The number of hydrogen-bond donors (Lipinski definition) is 0. The second-order valence-electron chi connectivity index (χ2n) is 16.5. The van der Waals surface area contributed by atoms with Crippen molar-refractivity contribution in [3.63, 3.8) is 0 Å². The fourth-order valence-electron chi connectivity index (χ4n) is 10.5. The quantitative estimate of drug-likeness (QED) is 0.165. The number of allylic oxidation sites excluding steroid dienone is 1. The minimum Gasteiger partial charge on any atom is -0.310 e. The zero-order valence-electron chi connectivity index (χ0n) is 31.5. The van der Waals surface area contributed by atoms with Gasteiger partial charge in [0, 0.05) is 56.7 Å². The smallest absolute Gasteiger partial charge is 0.0714 e. The molecular weight excluding hydrogens is 693 g/mol. The second-order valence-corrected chi connectivity index (χ2v) is 16.5. The molecule has 3 aliphatic rings. The van der Waals surface area contributed by atoms with Crippen LogP contribution in [0.4, 0.5) is 0 Å². The molecule has 4 nitrogen and oxygen atoms in total. The SMILES string of the molecule is C1=Cc2c(c3ccccc3n2-c2ccc3c(-c4ccc([C@@H]5CC56CC6)cn4)c4cc(-n5c6ccccc6c6ccccc65)ccc4c(-c4ccccn4)c3c2)CC1. The Morgan fingerprint density at radius 1 is 0.526 bits per heavy atom. The molecule has 3 aliphatic carbocycles. The summed E-state index contributed by atoms with van der Waals surface area (Å²) in [5, 5.41) is 8.55. The lowest BCUT2D eigenvalue weighted by Crippen LogP contribution is -2.01. The molecule has 0 radical (unpaired) electrons. The van der Waals surface area contributed by atoms with Crippen LogP contribution in [0.3, 0.4) is 0 Å². The summed E-state index contributed by atoms with van der Waals surface area (Å²) < 4.78 is 4.89. The first kappa shape index (κ1) is 31.4. The Kier molecular flexibility index (Phi) is 6.41. The van der Waals surface area contributed by atoms with Gasteiger partial charge in [-0.2, -0.15) is 0 Å². The number of aryl methyl sites for hydroxylation is 1. The van der Waals surface area contributed by atoms with Crippen molar-refractivity contribution in [1.29, 1.82) is 0 Å². The maximum absolute atomic E-state index is 5.33. The van der Waals surface area contributed by atoms with Crippen LogP contribution in [0.25, 0.3) is 94.2 Å². The Balaban J connectivity index is 1.13. The molecule has 0 bridgehead atoms. The van der Waals surface area contributed by atoms with Gasteiger partial charge in [0.25, 0.3) is 0 Å². The normalized spacial score (nSPS) is 16.7. The minimum atomic E-state index is 0.581. The van der Waals surface area contributed by atoms with Crippen LogP contribution in [0, 0.1) is 5.41 Å². The molecule has 2 fully saturated rings. The Bertz CT molecular complexity index is 3270. The first-order chi connectivity index (χ1) is 28.2. The van der Waals surface area contributed by atoms with Crippen molar-refractivity contribution in [2.75, 3.05) is 0 Å². The van der Waals surface area contributed by atoms with E-state index in [2.05, 4.69) is 161 Å². The average Bonchev–Trinajstić information content (AvgIpc) is 4.15. The van der Waals surface area contributed by atoms with E-state index in [0.717, 1.165) is 46.7 Å². The zero-order valence-corrected chi connectivity index (χ0v) is 31.5. The molecule has 0 saturated heterocycles. The number of pyridine rings is 2. The van der Waals surface area contributed by atoms with E-state index in [0.29, 0.717) is 11.3 Å². The first-order valence-electron chi connectivity index (χ1n) is 20.4. The van der Waals surface area contributed by atoms with Crippen LogP contribution in [0.5, 0.6) is 0 Å². The molecule has 1 atom stereocenters. The molecule has 13 rings (SSSR count). The van der Waals surface area contributed by atoms with Crippen LogP contribution in [-0.2, 0) is 6.42 Å². The van der Waals surface area contributed by atoms with Crippen molar-refractivity contribution in [1.82, 2.24) is 19.1 Å². The summed E-state index contributed by atoms with van der Waals surface area (Å²) in [5.41, 5.74) is 14.9. The maximum Gasteiger partial charge on any atom is 0.0714 e. The number of aromatic nitrogens is 4. The lowest BCUT2D eigenvalue weighted by atomic mass is 9.88. The predicted octanol–water partition coefficient (Wildman–Crippen LogP) is 13.4. The number of fused-ring (bicyclic) bond motifs is 8. The van der Waals surface area contributed by atoms with E-state index >= 15 is 0 Å². The predicted molar refractivity (Wildman–Crippen MR) is 235 cm³/mol. The van der Waals surface area contributed by atoms with Gasteiger partial charge >= 0.3 is 0 Å². The highest BCUT2D eigenvalue weighted by Crippen LogP contribution is 2.74. The summed E-state index contributed by atoms with van der Waals surface area (Å²) >= 11 is 0. The number of benzene rings is 6. The van der Waals surface area contributed by atoms with E-state index in [9.17, 15) is 0 Å². The molecule has 6 aromatic carbocycles. The first-order valence-corrected chi connectivity index (χ1v) is 20.4. The number of hydrogen-bond acceptors (Lipinski definition) is 2. The van der Waals surface area contributed by atoms with Crippen LogP contribution in [0.15, 0.2) is 158 Å². The summed E-state index contributed by atoms with van der Waals surface area (Å²) in [5.74, 6) is 0.667. The standard InChI is InChI=1S/C53H38N4/c1-5-16-47-36(11-1)37-12-2-6-17-48(37)56(47)34-22-24-41-42(29-34)51(45-15-9-10-28-54-45)40-23-21-35(57-49-18-7-3-13-38(49)39-14-4-8-19-50(39)57)30-43(40)52(41)46-25-20-33(32-55-46)44-31-53(44)26-27-53/h1,3-11,13-25,28-30,32,44H,2,12,26-27,31H2/t44-/m0/s1. The van der Waals surface area contributed by atoms with Crippen molar-refractivity contribution in [3.8, 4) is 33.9 Å². The molecule has 2 saturated carbocycles. The van der Waals surface area contributed by atoms with Gasteiger partial charge < -0.3 is 9.13 Å². The Labute approximate surface area is 330 Å². The van der Waals surface area contributed by atoms with Gasteiger partial charge in [-0.1, -0.05) is 84.9 Å². The number of para-hydroxylation sites is 3. The van der Waals surface area contributed by atoms with Crippen LogP contribution < -0.4 is 0 Å². The van der Waals surface area contributed by atoms with Crippen molar-refractivity contribution < 1.29 is 0 Å². The molecule has 0 amide bonds. The number of nitrogens with zero attached hydrogens (tertiary/aromatic N) is 4. The van der Waals surface area contributed by atoms with Crippen LogP contribution in [-0.4, -0.2) is 19.1 Å². The molecule has 10 aromatic rings. The Morgan fingerprint density at radius 3 is 1.75 bits per heavy atom. The molecule has 4 heterocycles.